The maximum absolute atomic E-state index is 5.95. The molecular weight excluding hydrogens is 222 g/mol. The Kier molecular flexibility index (Phi) is 3.76. The Labute approximate surface area is 110 Å². The van der Waals surface area contributed by atoms with Crippen molar-refractivity contribution in [2.45, 2.75) is 46.7 Å². The van der Waals surface area contributed by atoms with Gasteiger partial charge in [0.25, 0.3) is 0 Å². The second kappa shape index (κ2) is 5.00. The van der Waals surface area contributed by atoms with E-state index in [0.717, 1.165) is 0 Å². The number of hydrogen-bond donors (Lipinski definition) is 3. The first kappa shape index (κ1) is 13.5. The first-order valence-corrected chi connectivity index (χ1v) is 6.75. The van der Waals surface area contributed by atoms with Crippen molar-refractivity contribution >= 4 is 0 Å². The van der Waals surface area contributed by atoms with Gasteiger partial charge in [-0.3, -0.25) is 5.43 Å². The van der Waals surface area contributed by atoms with Gasteiger partial charge < -0.3 is 5.73 Å². The van der Waals surface area contributed by atoms with Gasteiger partial charge in [0.15, 0.2) is 0 Å². The van der Waals surface area contributed by atoms with Gasteiger partial charge in [-0.05, 0) is 69.0 Å². The van der Waals surface area contributed by atoms with Gasteiger partial charge in [-0.15, -0.1) is 0 Å². The quantitative estimate of drug-likeness (QED) is 0.749. The number of rotatable bonds is 2. The minimum Gasteiger partial charge on any atom is -0.330 e. The minimum absolute atomic E-state index is 0.323. The number of benzene rings is 1. The Balaban J connectivity index is 2.51. The molecule has 1 heterocycles. The van der Waals surface area contributed by atoms with Crippen molar-refractivity contribution in [1.82, 2.24) is 10.9 Å². The molecule has 100 valence electrons. The molecule has 0 saturated carbocycles. The molecule has 3 nitrogen and oxygen atoms in total. The van der Waals surface area contributed by atoms with Crippen LogP contribution in [-0.4, -0.2) is 12.6 Å². The van der Waals surface area contributed by atoms with E-state index in [1.54, 1.807) is 0 Å². The third-order valence-corrected chi connectivity index (χ3v) is 4.54. The second-order valence-electron chi connectivity index (χ2n) is 5.63. The van der Waals surface area contributed by atoms with E-state index in [2.05, 4.69) is 51.5 Å². The zero-order valence-electron chi connectivity index (χ0n) is 12.1. The van der Waals surface area contributed by atoms with Crippen LogP contribution in [-0.2, 0) is 0 Å². The van der Waals surface area contributed by atoms with E-state index in [9.17, 15) is 0 Å². The predicted octanol–water partition coefficient (Wildman–Crippen LogP) is 2.03. The van der Waals surface area contributed by atoms with Gasteiger partial charge >= 0.3 is 0 Å². The van der Waals surface area contributed by atoms with Crippen LogP contribution in [0.15, 0.2) is 6.07 Å². The highest BCUT2D eigenvalue weighted by Crippen LogP contribution is 2.34. The number of nitrogens with two attached hydrogens (primary N) is 1. The van der Waals surface area contributed by atoms with Crippen molar-refractivity contribution in [1.29, 1.82) is 0 Å². The molecular formula is C15H25N3. The van der Waals surface area contributed by atoms with Crippen LogP contribution in [0.1, 0.15) is 40.8 Å². The summed E-state index contributed by atoms with van der Waals surface area (Å²) in [4.78, 5) is 0. The van der Waals surface area contributed by atoms with Gasteiger partial charge in [0, 0.05) is 12.0 Å². The van der Waals surface area contributed by atoms with Crippen molar-refractivity contribution in [3.05, 3.63) is 33.9 Å². The minimum atomic E-state index is 0.323. The third kappa shape index (κ3) is 2.07. The summed E-state index contributed by atoms with van der Waals surface area (Å²) in [5.41, 5.74) is 19.7. The van der Waals surface area contributed by atoms with Gasteiger partial charge in [0.05, 0.1) is 6.04 Å². The van der Waals surface area contributed by atoms with Crippen molar-refractivity contribution in [2.75, 3.05) is 6.54 Å². The summed E-state index contributed by atoms with van der Waals surface area (Å²) in [6.07, 6.45) is 0. The van der Waals surface area contributed by atoms with Crippen LogP contribution < -0.4 is 16.6 Å². The van der Waals surface area contributed by atoms with Crippen LogP contribution in [0.4, 0.5) is 0 Å². The number of aryl methyl sites for hydroxylation is 2. The standard InChI is InChI=1S/C15H25N3/c1-8-6-9(2)11(4)14(10(8)3)15-13(7-16)12(5)17-18-15/h6,12-13,15,17-18H,7,16H2,1-5H3. The predicted molar refractivity (Wildman–Crippen MR) is 76.4 cm³/mol. The summed E-state index contributed by atoms with van der Waals surface area (Å²) in [5, 5.41) is 0. The van der Waals surface area contributed by atoms with Gasteiger partial charge in [-0.1, -0.05) is 6.07 Å². The van der Waals surface area contributed by atoms with Crippen LogP contribution in [0.5, 0.6) is 0 Å². The fourth-order valence-corrected chi connectivity index (χ4v) is 3.06. The highest BCUT2D eigenvalue weighted by Gasteiger charge is 2.34. The fraction of sp³-hybridized carbons (Fsp3) is 0.600. The molecule has 1 aliphatic heterocycles. The molecule has 0 amide bonds. The maximum Gasteiger partial charge on any atom is 0.0523 e. The van der Waals surface area contributed by atoms with E-state index in [0.29, 0.717) is 24.5 Å². The largest absolute Gasteiger partial charge is 0.330 e. The van der Waals surface area contributed by atoms with Crippen molar-refractivity contribution < 1.29 is 0 Å². The zero-order valence-corrected chi connectivity index (χ0v) is 12.1. The average Bonchev–Trinajstić information content (AvgIpc) is 2.68. The van der Waals surface area contributed by atoms with Crippen molar-refractivity contribution in [3.63, 3.8) is 0 Å². The van der Waals surface area contributed by atoms with E-state index >= 15 is 0 Å². The number of nitrogens with one attached hydrogen (secondary N) is 2. The molecule has 0 aromatic heterocycles. The lowest BCUT2D eigenvalue weighted by molar-refractivity contribution is 0.442. The topological polar surface area (TPSA) is 50.1 Å². The Morgan fingerprint density at radius 2 is 1.61 bits per heavy atom. The lowest BCUT2D eigenvalue weighted by Crippen LogP contribution is -2.30. The zero-order chi connectivity index (χ0) is 13.4. The normalized spacial score (nSPS) is 27.8. The van der Waals surface area contributed by atoms with Crippen molar-refractivity contribution in [3.8, 4) is 0 Å². The summed E-state index contributed by atoms with van der Waals surface area (Å²) >= 11 is 0. The van der Waals surface area contributed by atoms with Gasteiger partial charge in [-0.2, -0.15) is 0 Å². The Hall–Kier alpha value is -0.900. The molecule has 0 radical (unpaired) electrons. The summed E-state index contributed by atoms with van der Waals surface area (Å²) < 4.78 is 0. The molecule has 1 aromatic carbocycles. The van der Waals surface area contributed by atoms with Crippen molar-refractivity contribution in [2.24, 2.45) is 11.7 Å². The smallest absolute Gasteiger partial charge is 0.0523 e. The van der Waals surface area contributed by atoms with Crippen LogP contribution in [0, 0.1) is 33.6 Å². The molecule has 3 atom stereocenters. The lowest BCUT2D eigenvalue weighted by Gasteiger charge is -2.25. The molecule has 3 unspecified atom stereocenters. The Morgan fingerprint density at radius 3 is 2.11 bits per heavy atom. The van der Waals surface area contributed by atoms with Gasteiger partial charge in [0.2, 0.25) is 0 Å². The number of hydrogen-bond acceptors (Lipinski definition) is 3. The maximum atomic E-state index is 5.95. The molecule has 1 aliphatic rings. The Morgan fingerprint density at radius 1 is 1.06 bits per heavy atom. The highest BCUT2D eigenvalue weighted by molar-refractivity contribution is 5.46. The summed E-state index contributed by atoms with van der Waals surface area (Å²) in [5.74, 6) is 0.448. The molecule has 0 spiro atoms. The Bertz CT molecular complexity index is 427. The van der Waals surface area contributed by atoms with Crippen LogP contribution in [0.2, 0.25) is 0 Å². The average molecular weight is 247 g/mol. The summed E-state index contributed by atoms with van der Waals surface area (Å²) in [7, 11) is 0. The first-order chi connectivity index (χ1) is 8.47. The lowest BCUT2D eigenvalue weighted by atomic mass is 9.83. The van der Waals surface area contributed by atoms with E-state index in [4.69, 9.17) is 5.73 Å². The third-order valence-electron chi connectivity index (χ3n) is 4.54. The molecule has 3 heteroatoms. The molecule has 2 rings (SSSR count). The van der Waals surface area contributed by atoms with Gasteiger partial charge in [0.1, 0.15) is 0 Å². The monoisotopic (exact) mass is 247 g/mol. The van der Waals surface area contributed by atoms with E-state index in [1.807, 2.05) is 0 Å². The van der Waals surface area contributed by atoms with Crippen LogP contribution >= 0.6 is 0 Å². The molecule has 1 fully saturated rings. The molecule has 4 N–H and O–H groups in total. The van der Waals surface area contributed by atoms with E-state index in [-0.39, 0.29) is 0 Å². The molecule has 1 aromatic rings. The van der Waals surface area contributed by atoms with Crippen LogP contribution in [0.3, 0.4) is 0 Å². The highest BCUT2D eigenvalue weighted by atomic mass is 15.4. The molecule has 0 bridgehead atoms. The van der Waals surface area contributed by atoms with E-state index in [1.165, 1.54) is 27.8 Å². The molecule has 1 saturated heterocycles. The second-order valence-corrected chi connectivity index (χ2v) is 5.63. The number of hydrazine groups is 1. The summed E-state index contributed by atoms with van der Waals surface area (Å²) in [6.45, 7) is 11.7. The molecule has 18 heavy (non-hydrogen) atoms. The first-order valence-electron chi connectivity index (χ1n) is 6.75. The van der Waals surface area contributed by atoms with Crippen LogP contribution in [0.25, 0.3) is 0 Å². The molecule has 0 aliphatic carbocycles. The SMILES string of the molecule is Cc1cc(C)c(C)c(C2NNC(C)C2CN)c1C. The van der Waals surface area contributed by atoms with E-state index < -0.39 is 0 Å². The summed E-state index contributed by atoms with van der Waals surface area (Å²) in [6, 6.07) is 3.01. The van der Waals surface area contributed by atoms with Gasteiger partial charge in [-0.25, -0.2) is 5.43 Å². The fourth-order valence-electron chi connectivity index (χ4n) is 3.06.